The van der Waals surface area contributed by atoms with Gasteiger partial charge in [0, 0.05) is 32.3 Å². The summed E-state index contributed by atoms with van der Waals surface area (Å²) in [5, 5.41) is 0. The van der Waals surface area contributed by atoms with E-state index in [1.807, 2.05) is 25.7 Å². The van der Waals surface area contributed by atoms with Crippen LogP contribution in [0.5, 0.6) is 0 Å². The van der Waals surface area contributed by atoms with E-state index in [4.69, 9.17) is 9.47 Å². The number of hydrogen-bond donors (Lipinski definition) is 0. The van der Waals surface area contributed by atoms with Crippen LogP contribution in [0.4, 0.5) is 14.9 Å². The molecular formula is C20H27FN2O4. The van der Waals surface area contributed by atoms with Crippen LogP contribution in [0.25, 0.3) is 6.08 Å². The molecule has 0 bridgehead atoms. The molecule has 0 spiro atoms. The molecule has 0 aliphatic carbocycles. The summed E-state index contributed by atoms with van der Waals surface area (Å²) >= 11 is 0. The minimum absolute atomic E-state index is 0.297. The van der Waals surface area contributed by atoms with Gasteiger partial charge in [-0.05, 0) is 51.5 Å². The summed E-state index contributed by atoms with van der Waals surface area (Å²) in [6, 6.07) is 4.81. The molecule has 6 nitrogen and oxygen atoms in total. The van der Waals surface area contributed by atoms with Gasteiger partial charge in [-0.3, -0.25) is 0 Å². The monoisotopic (exact) mass is 378 g/mol. The largest absolute Gasteiger partial charge is 0.463 e. The fraction of sp³-hybridized carbons (Fsp3) is 0.500. The first-order chi connectivity index (χ1) is 12.7. The van der Waals surface area contributed by atoms with Crippen LogP contribution >= 0.6 is 0 Å². The first-order valence-electron chi connectivity index (χ1n) is 9.07. The molecule has 1 fully saturated rings. The molecule has 1 heterocycles. The average molecular weight is 378 g/mol. The summed E-state index contributed by atoms with van der Waals surface area (Å²) in [6.45, 7) is 9.49. The molecule has 1 amide bonds. The number of hydrogen-bond acceptors (Lipinski definition) is 5. The van der Waals surface area contributed by atoms with Crippen LogP contribution in [-0.2, 0) is 14.3 Å². The Kier molecular flexibility index (Phi) is 6.82. The van der Waals surface area contributed by atoms with Gasteiger partial charge in [0.25, 0.3) is 0 Å². The number of esters is 1. The van der Waals surface area contributed by atoms with Crippen LogP contribution in [0.1, 0.15) is 33.3 Å². The molecular weight excluding hydrogens is 351 g/mol. The number of amides is 1. The van der Waals surface area contributed by atoms with Gasteiger partial charge in [-0.25, -0.2) is 14.0 Å². The van der Waals surface area contributed by atoms with Crippen LogP contribution < -0.4 is 4.90 Å². The Hall–Kier alpha value is -2.57. The van der Waals surface area contributed by atoms with E-state index in [2.05, 4.69) is 0 Å². The molecule has 0 unspecified atom stereocenters. The third-order valence-electron chi connectivity index (χ3n) is 3.94. The molecule has 1 aliphatic heterocycles. The lowest BCUT2D eigenvalue weighted by molar-refractivity contribution is -0.137. The number of anilines is 1. The number of benzene rings is 1. The Labute approximate surface area is 159 Å². The second-order valence-electron chi connectivity index (χ2n) is 7.25. The van der Waals surface area contributed by atoms with Crippen molar-refractivity contribution in [1.82, 2.24) is 4.90 Å². The number of halogens is 1. The predicted octanol–water partition coefficient (Wildman–Crippen LogP) is 3.46. The van der Waals surface area contributed by atoms with Crippen LogP contribution in [0, 0.1) is 5.82 Å². The van der Waals surface area contributed by atoms with Crippen molar-refractivity contribution in [3.05, 3.63) is 35.7 Å². The van der Waals surface area contributed by atoms with E-state index in [1.165, 1.54) is 18.2 Å². The van der Waals surface area contributed by atoms with E-state index in [0.717, 1.165) is 0 Å². The molecule has 7 heteroatoms. The topological polar surface area (TPSA) is 59.1 Å². The molecule has 27 heavy (non-hydrogen) atoms. The van der Waals surface area contributed by atoms with Crippen LogP contribution in [0.15, 0.2) is 24.3 Å². The Morgan fingerprint density at radius 3 is 2.41 bits per heavy atom. The number of rotatable bonds is 4. The molecule has 0 aromatic heterocycles. The smallest absolute Gasteiger partial charge is 0.410 e. The highest BCUT2D eigenvalue weighted by Crippen LogP contribution is 2.23. The van der Waals surface area contributed by atoms with Gasteiger partial charge >= 0.3 is 12.1 Å². The van der Waals surface area contributed by atoms with Crippen molar-refractivity contribution in [2.75, 3.05) is 37.7 Å². The van der Waals surface area contributed by atoms with E-state index >= 15 is 0 Å². The summed E-state index contributed by atoms with van der Waals surface area (Å²) in [5.74, 6) is -0.827. The van der Waals surface area contributed by atoms with Crippen molar-refractivity contribution in [3.8, 4) is 0 Å². The second kappa shape index (κ2) is 8.88. The summed E-state index contributed by atoms with van der Waals surface area (Å²) in [4.78, 5) is 27.0. The number of piperazine rings is 1. The molecule has 1 saturated heterocycles. The third-order valence-corrected chi connectivity index (χ3v) is 3.94. The highest BCUT2D eigenvalue weighted by atomic mass is 19.1. The molecule has 0 saturated carbocycles. The molecule has 1 aromatic carbocycles. The molecule has 2 rings (SSSR count). The molecule has 0 N–H and O–H groups in total. The predicted molar refractivity (Wildman–Crippen MR) is 102 cm³/mol. The third kappa shape index (κ3) is 6.27. The van der Waals surface area contributed by atoms with E-state index < -0.39 is 11.6 Å². The highest BCUT2D eigenvalue weighted by Gasteiger charge is 2.26. The maximum Gasteiger partial charge on any atom is 0.410 e. The molecule has 148 valence electrons. The van der Waals surface area contributed by atoms with Crippen molar-refractivity contribution in [2.45, 2.75) is 33.3 Å². The van der Waals surface area contributed by atoms with Crippen molar-refractivity contribution >= 4 is 23.8 Å². The zero-order valence-electron chi connectivity index (χ0n) is 16.3. The first kappa shape index (κ1) is 20.7. The second-order valence-corrected chi connectivity index (χ2v) is 7.25. The summed E-state index contributed by atoms with van der Waals surface area (Å²) in [5.41, 5.74) is 0.525. The lowest BCUT2D eigenvalue weighted by atomic mass is 10.1. The van der Waals surface area contributed by atoms with E-state index in [-0.39, 0.29) is 11.9 Å². The Balaban J connectivity index is 1.96. The van der Waals surface area contributed by atoms with Gasteiger partial charge in [0.1, 0.15) is 11.4 Å². The highest BCUT2D eigenvalue weighted by molar-refractivity contribution is 5.87. The Morgan fingerprint density at radius 2 is 1.85 bits per heavy atom. The fourth-order valence-electron chi connectivity index (χ4n) is 2.69. The maximum absolute atomic E-state index is 14.5. The summed E-state index contributed by atoms with van der Waals surface area (Å²) < 4.78 is 24.7. The van der Waals surface area contributed by atoms with Crippen molar-refractivity contribution in [3.63, 3.8) is 0 Å². The first-order valence-corrected chi connectivity index (χ1v) is 9.07. The van der Waals surface area contributed by atoms with Gasteiger partial charge in [-0.2, -0.15) is 0 Å². The van der Waals surface area contributed by atoms with Crippen molar-refractivity contribution in [1.29, 1.82) is 0 Å². The fourth-order valence-corrected chi connectivity index (χ4v) is 2.69. The van der Waals surface area contributed by atoms with E-state index in [9.17, 15) is 14.0 Å². The zero-order valence-corrected chi connectivity index (χ0v) is 16.3. The molecule has 1 aliphatic rings. The van der Waals surface area contributed by atoms with Crippen LogP contribution in [0.3, 0.4) is 0 Å². The van der Waals surface area contributed by atoms with Gasteiger partial charge in [0.2, 0.25) is 0 Å². The zero-order chi connectivity index (χ0) is 20.0. The lowest BCUT2D eigenvalue weighted by Crippen LogP contribution is -2.50. The van der Waals surface area contributed by atoms with Crippen molar-refractivity contribution < 1.29 is 23.5 Å². The maximum atomic E-state index is 14.5. The quantitative estimate of drug-likeness (QED) is 0.593. The van der Waals surface area contributed by atoms with Gasteiger partial charge in [-0.1, -0.05) is 6.07 Å². The molecule has 0 radical (unpaired) electrons. The normalized spacial score (nSPS) is 15.1. The summed E-state index contributed by atoms with van der Waals surface area (Å²) in [6.07, 6.45) is 2.45. The van der Waals surface area contributed by atoms with Gasteiger partial charge in [0.15, 0.2) is 0 Å². The SMILES string of the molecule is CCOC(=O)C=Cc1ccc(N2CCN(C(=O)OC(C)(C)C)CC2)c(F)c1. The number of nitrogens with zero attached hydrogens (tertiary/aromatic N) is 2. The average Bonchev–Trinajstić information content (AvgIpc) is 2.59. The minimum Gasteiger partial charge on any atom is -0.463 e. The van der Waals surface area contributed by atoms with Gasteiger partial charge in [-0.15, -0.1) is 0 Å². The van der Waals surface area contributed by atoms with E-state index in [0.29, 0.717) is 44.0 Å². The van der Waals surface area contributed by atoms with Crippen LogP contribution in [-0.4, -0.2) is 55.3 Å². The van der Waals surface area contributed by atoms with Crippen molar-refractivity contribution in [2.24, 2.45) is 0 Å². The molecule has 1 aromatic rings. The lowest BCUT2D eigenvalue weighted by Gasteiger charge is -2.36. The Bertz CT molecular complexity index is 704. The number of carbonyl (C=O) groups excluding carboxylic acids is 2. The standard InChI is InChI=1S/C20H27FN2O4/c1-5-26-18(24)9-7-15-6-8-17(16(21)14-15)22-10-12-23(13-11-22)19(25)27-20(2,3)4/h6-9,14H,5,10-13H2,1-4H3. The summed E-state index contributed by atoms with van der Waals surface area (Å²) in [7, 11) is 0. The minimum atomic E-state index is -0.534. The van der Waals surface area contributed by atoms with E-state index in [1.54, 1.807) is 24.0 Å². The van der Waals surface area contributed by atoms with Gasteiger partial charge < -0.3 is 19.3 Å². The number of ether oxygens (including phenoxy) is 2. The number of carbonyl (C=O) groups is 2. The van der Waals surface area contributed by atoms with Gasteiger partial charge in [0.05, 0.1) is 12.3 Å². The van der Waals surface area contributed by atoms with Crippen LogP contribution in [0.2, 0.25) is 0 Å². The Morgan fingerprint density at radius 1 is 1.19 bits per heavy atom. The molecule has 0 atom stereocenters.